The Balaban J connectivity index is 2.01. The van der Waals surface area contributed by atoms with Gasteiger partial charge in [-0.05, 0) is 24.3 Å². The molecule has 0 bridgehead atoms. The summed E-state index contributed by atoms with van der Waals surface area (Å²) >= 11 is 0. The van der Waals surface area contributed by atoms with E-state index in [1.54, 1.807) is 31.6 Å². The maximum Gasteiger partial charge on any atom is 0.335 e. The van der Waals surface area contributed by atoms with E-state index in [1.807, 2.05) is 41.1 Å². The maximum atomic E-state index is 11.1. The summed E-state index contributed by atoms with van der Waals surface area (Å²) in [6, 6.07) is 14.3. The Morgan fingerprint density at radius 1 is 1.18 bits per heavy atom. The number of methoxy groups -OCH3 is 1. The largest absolute Gasteiger partial charge is 0.495 e. The minimum atomic E-state index is -0.953. The van der Waals surface area contributed by atoms with E-state index in [2.05, 4.69) is 4.98 Å². The van der Waals surface area contributed by atoms with E-state index in [-0.39, 0.29) is 5.56 Å². The number of hydrogen-bond donors (Lipinski definition) is 1. The van der Waals surface area contributed by atoms with Crippen LogP contribution in [0.2, 0.25) is 0 Å². The van der Waals surface area contributed by atoms with Gasteiger partial charge < -0.3 is 14.4 Å². The predicted octanol–water partition coefficient (Wildman–Crippen LogP) is 3.25. The number of hydrogen-bond acceptors (Lipinski definition) is 3. The van der Waals surface area contributed by atoms with Crippen molar-refractivity contribution >= 4 is 5.97 Å². The molecule has 0 saturated carbocycles. The van der Waals surface area contributed by atoms with Gasteiger partial charge in [-0.15, -0.1) is 0 Å². The molecular formula is C17H14N2O3. The minimum Gasteiger partial charge on any atom is -0.495 e. The molecule has 0 aliphatic carbocycles. The average molecular weight is 294 g/mol. The van der Waals surface area contributed by atoms with E-state index >= 15 is 0 Å². The molecular weight excluding hydrogens is 280 g/mol. The van der Waals surface area contributed by atoms with Crippen LogP contribution in [0.5, 0.6) is 5.75 Å². The normalized spacial score (nSPS) is 10.4. The molecule has 1 aromatic heterocycles. The van der Waals surface area contributed by atoms with Crippen LogP contribution in [0.1, 0.15) is 10.4 Å². The van der Waals surface area contributed by atoms with Crippen LogP contribution in [0.3, 0.4) is 0 Å². The van der Waals surface area contributed by atoms with E-state index in [9.17, 15) is 4.79 Å². The highest BCUT2D eigenvalue weighted by Crippen LogP contribution is 2.25. The molecule has 0 amide bonds. The monoisotopic (exact) mass is 294 g/mol. The molecule has 0 fully saturated rings. The SMILES string of the molecule is COc1ccccc1-n1cnc(-c2cccc(C(=O)O)c2)c1. The Morgan fingerprint density at radius 2 is 2.00 bits per heavy atom. The lowest BCUT2D eigenvalue weighted by Gasteiger charge is -2.07. The third-order valence-electron chi connectivity index (χ3n) is 3.35. The first-order valence-electron chi connectivity index (χ1n) is 6.70. The fourth-order valence-electron chi connectivity index (χ4n) is 2.26. The van der Waals surface area contributed by atoms with E-state index in [0.29, 0.717) is 5.69 Å². The molecule has 0 radical (unpaired) electrons. The zero-order chi connectivity index (χ0) is 15.5. The molecule has 0 saturated heterocycles. The molecule has 5 heteroatoms. The van der Waals surface area contributed by atoms with Gasteiger partial charge in [0.25, 0.3) is 0 Å². The summed E-state index contributed by atoms with van der Waals surface area (Å²) in [7, 11) is 1.62. The summed E-state index contributed by atoms with van der Waals surface area (Å²) in [6.45, 7) is 0. The highest BCUT2D eigenvalue weighted by atomic mass is 16.5. The Hall–Kier alpha value is -3.08. The molecule has 0 aliphatic heterocycles. The van der Waals surface area contributed by atoms with Gasteiger partial charge in [0.1, 0.15) is 12.1 Å². The van der Waals surface area contributed by atoms with Gasteiger partial charge in [0, 0.05) is 11.8 Å². The van der Waals surface area contributed by atoms with Gasteiger partial charge in [0.2, 0.25) is 0 Å². The fourth-order valence-corrected chi connectivity index (χ4v) is 2.26. The van der Waals surface area contributed by atoms with Gasteiger partial charge in [-0.2, -0.15) is 0 Å². The number of rotatable bonds is 4. The van der Waals surface area contributed by atoms with Crippen LogP contribution in [-0.4, -0.2) is 27.7 Å². The number of benzene rings is 2. The Labute approximate surface area is 127 Å². The summed E-state index contributed by atoms with van der Waals surface area (Å²) in [5, 5.41) is 9.07. The van der Waals surface area contributed by atoms with Crippen LogP contribution < -0.4 is 4.74 Å². The first-order valence-corrected chi connectivity index (χ1v) is 6.70. The van der Waals surface area contributed by atoms with Gasteiger partial charge in [-0.25, -0.2) is 9.78 Å². The van der Waals surface area contributed by atoms with Crippen molar-refractivity contribution in [3.8, 4) is 22.7 Å². The quantitative estimate of drug-likeness (QED) is 0.802. The second kappa shape index (κ2) is 5.73. The lowest BCUT2D eigenvalue weighted by atomic mass is 10.1. The molecule has 0 aliphatic rings. The molecule has 0 spiro atoms. The molecule has 3 aromatic rings. The summed E-state index contributed by atoms with van der Waals surface area (Å²) in [6.07, 6.45) is 3.53. The van der Waals surface area contributed by atoms with E-state index in [0.717, 1.165) is 17.0 Å². The topological polar surface area (TPSA) is 64.4 Å². The highest BCUT2D eigenvalue weighted by molar-refractivity contribution is 5.89. The molecule has 0 atom stereocenters. The standard InChI is InChI=1S/C17H14N2O3/c1-22-16-8-3-2-7-15(16)19-10-14(18-11-19)12-5-4-6-13(9-12)17(20)21/h2-11H,1H3,(H,20,21). The summed E-state index contributed by atoms with van der Waals surface area (Å²) in [4.78, 5) is 15.4. The van der Waals surface area contributed by atoms with Crippen LogP contribution in [-0.2, 0) is 0 Å². The second-order valence-corrected chi connectivity index (χ2v) is 4.72. The minimum absolute atomic E-state index is 0.240. The number of carbonyl (C=O) groups is 1. The summed E-state index contributed by atoms with van der Waals surface area (Å²) in [5.74, 6) is -0.211. The van der Waals surface area contributed by atoms with Gasteiger partial charge in [0.15, 0.2) is 0 Å². The lowest BCUT2D eigenvalue weighted by Crippen LogP contribution is -1.96. The molecule has 110 valence electrons. The first kappa shape index (κ1) is 13.9. The third kappa shape index (κ3) is 2.56. The number of aromatic nitrogens is 2. The molecule has 5 nitrogen and oxygen atoms in total. The van der Waals surface area contributed by atoms with Crippen LogP contribution in [0.25, 0.3) is 16.9 Å². The lowest BCUT2D eigenvalue weighted by molar-refractivity contribution is 0.0697. The van der Waals surface area contributed by atoms with Crippen molar-refractivity contribution in [2.45, 2.75) is 0 Å². The zero-order valence-electron chi connectivity index (χ0n) is 11.9. The average Bonchev–Trinajstić information content (AvgIpc) is 3.04. The van der Waals surface area contributed by atoms with E-state index < -0.39 is 5.97 Å². The van der Waals surface area contributed by atoms with Crippen LogP contribution in [0.15, 0.2) is 61.1 Å². The Kier molecular flexibility index (Phi) is 3.62. The van der Waals surface area contributed by atoms with Crippen molar-refractivity contribution in [2.75, 3.05) is 7.11 Å². The summed E-state index contributed by atoms with van der Waals surface area (Å²) in [5.41, 5.74) is 2.57. The van der Waals surface area contributed by atoms with Gasteiger partial charge in [-0.3, -0.25) is 0 Å². The van der Waals surface area contributed by atoms with Gasteiger partial charge in [0.05, 0.1) is 24.1 Å². The first-order chi connectivity index (χ1) is 10.7. The number of ether oxygens (including phenoxy) is 1. The maximum absolute atomic E-state index is 11.1. The van der Waals surface area contributed by atoms with E-state index in [4.69, 9.17) is 9.84 Å². The molecule has 0 unspecified atom stereocenters. The third-order valence-corrected chi connectivity index (χ3v) is 3.35. The van der Waals surface area contributed by atoms with Crippen molar-refractivity contribution in [2.24, 2.45) is 0 Å². The Bertz CT molecular complexity index is 824. The molecule has 3 rings (SSSR count). The van der Waals surface area contributed by atoms with Crippen molar-refractivity contribution in [1.29, 1.82) is 0 Å². The number of imidazole rings is 1. The van der Waals surface area contributed by atoms with Crippen LogP contribution in [0, 0.1) is 0 Å². The number of para-hydroxylation sites is 2. The van der Waals surface area contributed by atoms with E-state index in [1.165, 1.54) is 0 Å². The van der Waals surface area contributed by atoms with Gasteiger partial charge >= 0.3 is 5.97 Å². The molecule has 22 heavy (non-hydrogen) atoms. The number of carboxylic acids is 1. The number of aromatic carboxylic acids is 1. The molecule has 1 heterocycles. The van der Waals surface area contributed by atoms with Crippen molar-refractivity contribution in [3.63, 3.8) is 0 Å². The predicted molar refractivity (Wildman–Crippen MR) is 82.5 cm³/mol. The van der Waals surface area contributed by atoms with Crippen LogP contribution in [0.4, 0.5) is 0 Å². The number of carboxylic acid groups (broad SMARTS) is 1. The van der Waals surface area contributed by atoms with Crippen molar-refractivity contribution < 1.29 is 14.6 Å². The second-order valence-electron chi connectivity index (χ2n) is 4.72. The van der Waals surface area contributed by atoms with Gasteiger partial charge in [-0.1, -0.05) is 24.3 Å². The molecule has 2 aromatic carbocycles. The van der Waals surface area contributed by atoms with Crippen molar-refractivity contribution in [1.82, 2.24) is 9.55 Å². The fraction of sp³-hybridized carbons (Fsp3) is 0.0588. The summed E-state index contributed by atoms with van der Waals surface area (Å²) < 4.78 is 7.19. The highest BCUT2D eigenvalue weighted by Gasteiger charge is 2.09. The number of nitrogens with zero attached hydrogens (tertiary/aromatic N) is 2. The Morgan fingerprint density at radius 3 is 2.77 bits per heavy atom. The smallest absolute Gasteiger partial charge is 0.335 e. The molecule has 1 N–H and O–H groups in total. The van der Waals surface area contributed by atoms with Crippen LogP contribution >= 0.6 is 0 Å². The van der Waals surface area contributed by atoms with Crippen molar-refractivity contribution in [3.05, 3.63) is 66.6 Å². The zero-order valence-corrected chi connectivity index (χ0v) is 11.9.